The number of rotatable bonds is 2. The van der Waals surface area contributed by atoms with Gasteiger partial charge in [-0.2, -0.15) is 23.3 Å². The number of benzene rings is 1. The minimum Gasteiger partial charge on any atom is -0.362 e. The van der Waals surface area contributed by atoms with Gasteiger partial charge in [-0.25, -0.2) is 4.39 Å². The van der Waals surface area contributed by atoms with Crippen LogP contribution in [0.25, 0.3) is 0 Å². The first-order valence-electron chi connectivity index (χ1n) is 6.53. The molecule has 8 heteroatoms. The van der Waals surface area contributed by atoms with Crippen LogP contribution in [0.15, 0.2) is 29.4 Å². The van der Waals surface area contributed by atoms with Gasteiger partial charge in [-0.3, -0.25) is 4.79 Å². The zero-order chi connectivity index (χ0) is 16.7. The van der Waals surface area contributed by atoms with E-state index in [1.54, 1.807) is 13.8 Å². The zero-order valence-corrected chi connectivity index (χ0v) is 11.9. The SMILES string of the molecule is CC(C)C1=NN(C(=O)c2cccc(F)c2)[C@](O)(C(F)(F)F)C1. The molecule has 0 unspecified atom stereocenters. The van der Waals surface area contributed by atoms with Crippen LogP contribution in [0, 0.1) is 11.7 Å². The molecule has 2 rings (SSSR count). The fraction of sp³-hybridized carbons (Fsp3) is 0.429. The molecule has 0 bridgehead atoms. The molecule has 4 nitrogen and oxygen atoms in total. The Labute approximate surface area is 124 Å². The molecule has 1 N–H and O–H groups in total. The second-order valence-corrected chi connectivity index (χ2v) is 5.36. The first kappa shape index (κ1) is 16.4. The van der Waals surface area contributed by atoms with E-state index in [-0.39, 0.29) is 22.2 Å². The Bertz CT molecular complexity index is 628. The van der Waals surface area contributed by atoms with Gasteiger partial charge in [-0.05, 0) is 24.1 Å². The van der Waals surface area contributed by atoms with Crippen LogP contribution in [-0.2, 0) is 0 Å². The van der Waals surface area contributed by atoms with Gasteiger partial charge in [0.25, 0.3) is 11.6 Å². The van der Waals surface area contributed by atoms with E-state index >= 15 is 0 Å². The topological polar surface area (TPSA) is 52.9 Å². The summed E-state index contributed by atoms with van der Waals surface area (Å²) in [5.41, 5.74) is -3.70. The number of carbonyl (C=O) groups excluding carboxylic acids is 1. The smallest absolute Gasteiger partial charge is 0.362 e. The van der Waals surface area contributed by atoms with E-state index in [4.69, 9.17) is 0 Å². The molecule has 0 saturated heterocycles. The van der Waals surface area contributed by atoms with Crippen molar-refractivity contribution in [1.29, 1.82) is 0 Å². The van der Waals surface area contributed by atoms with Crippen molar-refractivity contribution in [2.75, 3.05) is 0 Å². The predicted octanol–water partition coefficient (Wildman–Crippen LogP) is 2.93. The normalized spacial score (nSPS) is 22.2. The zero-order valence-electron chi connectivity index (χ0n) is 11.9. The summed E-state index contributed by atoms with van der Waals surface area (Å²) in [5.74, 6) is -2.36. The van der Waals surface area contributed by atoms with Crippen LogP contribution in [0.1, 0.15) is 30.6 Å². The summed E-state index contributed by atoms with van der Waals surface area (Å²) in [5, 5.41) is 13.6. The molecule has 0 fully saturated rings. The summed E-state index contributed by atoms with van der Waals surface area (Å²) in [7, 11) is 0. The van der Waals surface area contributed by atoms with Crippen LogP contribution >= 0.6 is 0 Å². The lowest BCUT2D eigenvalue weighted by atomic mass is 9.99. The van der Waals surface area contributed by atoms with Gasteiger partial charge in [0.1, 0.15) is 5.82 Å². The van der Waals surface area contributed by atoms with E-state index < -0.39 is 30.0 Å². The molecule has 1 aromatic carbocycles. The van der Waals surface area contributed by atoms with Crippen molar-refractivity contribution in [3.63, 3.8) is 0 Å². The number of hydrogen-bond acceptors (Lipinski definition) is 3. The molecule has 120 valence electrons. The Morgan fingerprint density at radius 1 is 1.41 bits per heavy atom. The van der Waals surface area contributed by atoms with Crippen molar-refractivity contribution in [3.8, 4) is 0 Å². The van der Waals surface area contributed by atoms with Crippen molar-refractivity contribution in [2.24, 2.45) is 11.0 Å². The predicted molar refractivity (Wildman–Crippen MR) is 70.5 cm³/mol. The van der Waals surface area contributed by atoms with Gasteiger partial charge in [0.15, 0.2) is 0 Å². The van der Waals surface area contributed by atoms with E-state index in [2.05, 4.69) is 5.10 Å². The monoisotopic (exact) mass is 318 g/mol. The Morgan fingerprint density at radius 2 is 2.05 bits per heavy atom. The van der Waals surface area contributed by atoms with Gasteiger partial charge in [-0.1, -0.05) is 19.9 Å². The highest BCUT2D eigenvalue weighted by atomic mass is 19.4. The van der Waals surface area contributed by atoms with Gasteiger partial charge in [0, 0.05) is 17.7 Å². The first-order valence-corrected chi connectivity index (χ1v) is 6.53. The molecule has 1 amide bonds. The van der Waals surface area contributed by atoms with Crippen molar-refractivity contribution in [3.05, 3.63) is 35.6 Å². The van der Waals surface area contributed by atoms with Crippen LogP contribution in [-0.4, -0.2) is 33.6 Å². The third kappa shape index (κ3) is 2.70. The highest BCUT2D eigenvalue weighted by molar-refractivity contribution is 5.98. The maximum Gasteiger partial charge on any atom is 0.438 e. The lowest BCUT2D eigenvalue weighted by Gasteiger charge is -2.32. The van der Waals surface area contributed by atoms with Crippen molar-refractivity contribution in [2.45, 2.75) is 32.2 Å². The largest absolute Gasteiger partial charge is 0.438 e. The molecular weight excluding hydrogens is 304 g/mol. The minimum absolute atomic E-state index is 0.00287. The number of hydrogen-bond donors (Lipinski definition) is 1. The lowest BCUT2D eigenvalue weighted by Crippen LogP contribution is -2.56. The summed E-state index contributed by atoms with van der Waals surface area (Å²) >= 11 is 0. The molecule has 0 radical (unpaired) electrons. The number of hydrazone groups is 1. The number of carbonyl (C=O) groups is 1. The molecule has 0 aromatic heterocycles. The quantitative estimate of drug-likeness (QED) is 0.853. The Kier molecular flexibility index (Phi) is 3.99. The number of nitrogens with zero attached hydrogens (tertiary/aromatic N) is 2. The van der Waals surface area contributed by atoms with E-state index in [1.165, 1.54) is 6.07 Å². The van der Waals surface area contributed by atoms with Crippen LogP contribution in [0.3, 0.4) is 0 Å². The van der Waals surface area contributed by atoms with Gasteiger partial charge in [0.05, 0.1) is 0 Å². The van der Waals surface area contributed by atoms with Crippen molar-refractivity contribution >= 4 is 11.6 Å². The van der Waals surface area contributed by atoms with Crippen molar-refractivity contribution in [1.82, 2.24) is 5.01 Å². The highest BCUT2D eigenvalue weighted by Gasteiger charge is 2.63. The molecular formula is C14H14F4N2O2. The van der Waals surface area contributed by atoms with Crippen molar-refractivity contribution < 1.29 is 27.5 Å². The summed E-state index contributed by atoms with van der Waals surface area (Å²) in [6, 6.07) is 4.20. The second-order valence-electron chi connectivity index (χ2n) is 5.36. The fourth-order valence-corrected chi connectivity index (χ4v) is 2.07. The molecule has 1 heterocycles. The third-order valence-electron chi connectivity index (χ3n) is 3.39. The molecule has 1 aliphatic rings. The highest BCUT2D eigenvalue weighted by Crippen LogP contribution is 2.41. The second kappa shape index (κ2) is 5.35. The Morgan fingerprint density at radius 3 is 2.55 bits per heavy atom. The molecule has 0 spiro atoms. The summed E-state index contributed by atoms with van der Waals surface area (Å²) in [6.07, 6.45) is -5.91. The lowest BCUT2D eigenvalue weighted by molar-refractivity contribution is -0.297. The number of aliphatic hydroxyl groups is 1. The number of alkyl halides is 3. The Hall–Kier alpha value is -1.96. The number of halogens is 4. The van der Waals surface area contributed by atoms with E-state index in [0.717, 1.165) is 18.2 Å². The maximum atomic E-state index is 13.2. The van der Waals surface area contributed by atoms with Crippen LogP contribution in [0.4, 0.5) is 17.6 Å². The standard InChI is InChI=1S/C14H14F4N2O2/c1-8(2)11-7-13(22,14(16,17)18)20(19-11)12(21)9-4-3-5-10(15)6-9/h3-6,8,22H,7H2,1-2H3/t13-/m1/s1. The average Bonchev–Trinajstić information content (AvgIpc) is 2.77. The summed E-state index contributed by atoms with van der Waals surface area (Å²) < 4.78 is 52.7. The molecule has 1 atom stereocenters. The van der Waals surface area contributed by atoms with E-state index in [9.17, 15) is 27.5 Å². The summed E-state index contributed by atoms with van der Waals surface area (Å²) in [4.78, 5) is 12.2. The van der Waals surface area contributed by atoms with Gasteiger partial charge < -0.3 is 5.11 Å². The molecule has 1 aromatic rings. The molecule has 0 aliphatic carbocycles. The molecule has 0 saturated carbocycles. The number of amides is 1. The molecule has 1 aliphatic heterocycles. The third-order valence-corrected chi connectivity index (χ3v) is 3.39. The minimum atomic E-state index is -5.09. The average molecular weight is 318 g/mol. The fourth-order valence-electron chi connectivity index (χ4n) is 2.07. The molecule has 22 heavy (non-hydrogen) atoms. The maximum absolute atomic E-state index is 13.2. The van der Waals surface area contributed by atoms with E-state index in [1.807, 2.05) is 0 Å². The van der Waals surface area contributed by atoms with E-state index in [0.29, 0.717) is 0 Å². The first-order chi connectivity index (χ1) is 10.1. The Balaban J connectivity index is 2.46. The summed E-state index contributed by atoms with van der Waals surface area (Å²) in [6.45, 7) is 3.21. The van der Waals surface area contributed by atoms with Gasteiger partial charge in [0.2, 0.25) is 0 Å². The van der Waals surface area contributed by atoms with Crippen LogP contribution in [0.5, 0.6) is 0 Å². The van der Waals surface area contributed by atoms with Gasteiger partial charge in [-0.15, -0.1) is 0 Å². The van der Waals surface area contributed by atoms with Crippen LogP contribution in [0.2, 0.25) is 0 Å². The van der Waals surface area contributed by atoms with Crippen LogP contribution < -0.4 is 0 Å². The van der Waals surface area contributed by atoms with Gasteiger partial charge >= 0.3 is 6.18 Å².